The highest BCUT2D eigenvalue weighted by Crippen LogP contribution is 2.30. The molecule has 204 valence electrons. The normalized spacial score (nSPS) is 14.3. The summed E-state index contributed by atoms with van der Waals surface area (Å²) in [4.78, 5) is 25.6. The Morgan fingerprint density at radius 2 is 1.68 bits per heavy atom. The first-order valence-corrected chi connectivity index (χ1v) is 13.8. The molecular formula is C31H40N2O5. The van der Waals surface area contributed by atoms with E-state index in [0.717, 1.165) is 54.6 Å². The Morgan fingerprint density at radius 3 is 2.32 bits per heavy atom. The summed E-state index contributed by atoms with van der Waals surface area (Å²) in [7, 11) is 3.25. The molecule has 3 aromatic rings. The number of methoxy groups -OCH3 is 2. The quantitative estimate of drug-likeness (QED) is 0.284. The first-order valence-electron chi connectivity index (χ1n) is 13.8. The fourth-order valence-electron chi connectivity index (χ4n) is 5.71. The van der Waals surface area contributed by atoms with Crippen LogP contribution in [-0.4, -0.2) is 34.4 Å². The van der Waals surface area contributed by atoms with Crippen molar-refractivity contribution in [3.05, 3.63) is 81.5 Å². The first-order chi connectivity index (χ1) is 18.5. The third-order valence-corrected chi connectivity index (χ3v) is 7.72. The molecule has 1 saturated carbocycles. The third-order valence-electron chi connectivity index (χ3n) is 7.72. The molecule has 1 N–H and O–H groups in total. The lowest BCUT2D eigenvalue weighted by Gasteiger charge is -2.24. The Kier molecular flexibility index (Phi) is 9.58. The number of ether oxygens (including phenoxy) is 2. The average Bonchev–Trinajstić information content (AvgIpc) is 3.19. The summed E-state index contributed by atoms with van der Waals surface area (Å²) in [6.45, 7) is 3.27. The number of unbranched alkanes of at least 4 members (excludes halogenated alkanes) is 1. The number of carboxylic acids is 1. The van der Waals surface area contributed by atoms with Crippen LogP contribution in [0.4, 0.5) is 0 Å². The number of carbonyl (C=O) groups is 1. The SMILES string of the molecule is CCCCc1c(C(OC)OC)n(CC2CCCCC2)c(=O)n1Cc1ccc(-c2ccccc2C(=O)O)cc1. The molecule has 0 aliphatic heterocycles. The van der Waals surface area contributed by atoms with Crippen molar-refractivity contribution in [2.75, 3.05) is 14.2 Å². The zero-order valence-electron chi connectivity index (χ0n) is 22.8. The second-order valence-electron chi connectivity index (χ2n) is 10.3. The zero-order chi connectivity index (χ0) is 27.1. The van der Waals surface area contributed by atoms with Crippen LogP contribution in [-0.2, 0) is 29.0 Å². The Balaban J connectivity index is 1.72. The van der Waals surface area contributed by atoms with Crippen molar-refractivity contribution < 1.29 is 19.4 Å². The van der Waals surface area contributed by atoms with Gasteiger partial charge in [0.05, 0.1) is 17.8 Å². The van der Waals surface area contributed by atoms with Crippen molar-refractivity contribution in [2.24, 2.45) is 5.92 Å². The van der Waals surface area contributed by atoms with Gasteiger partial charge in [-0.15, -0.1) is 0 Å². The molecule has 7 nitrogen and oxygen atoms in total. The lowest BCUT2D eigenvalue weighted by molar-refractivity contribution is -0.111. The highest BCUT2D eigenvalue weighted by Gasteiger charge is 2.28. The van der Waals surface area contributed by atoms with Gasteiger partial charge in [-0.25, -0.2) is 9.59 Å². The summed E-state index contributed by atoms with van der Waals surface area (Å²) >= 11 is 0. The molecule has 1 aromatic heterocycles. The van der Waals surface area contributed by atoms with Crippen LogP contribution in [0.1, 0.15) is 85.5 Å². The minimum absolute atomic E-state index is 0.0175. The van der Waals surface area contributed by atoms with E-state index < -0.39 is 12.3 Å². The van der Waals surface area contributed by atoms with E-state index in [0.29, 0.717) is 24.6 Å². The number of benzene rings is 2. The lowest BCUT2D eigenvalue weighted by Crippen LogP contribution is -2.29. The van der Waals surface area contributed by atoms with Crippen molar-refractivity contribution in [1.29, 1.82) is 0 Å². The standard InChI is InChI=1S/C31H40N2O5/c1-4-5-15-27-28(30(37-2)38-3)33(21-22-11-7-6-8-12-22)31(36)32(27)20-23-16-18-24(19-17-23)25-13-9-10-14-26(25)29(34)35/h9-10,13-14,16-19,22,30H,4-8,11-12,15,20-21H2,1-3H3,(H,34,35). The highest BCUT2D eigenvalue weighted by atomic mass is 16.7. The first kappa shape index (κ1) is 27.9. The number of nitrogens with zero attached hydrogens (tertiary/aromatic N) is 2. The lowest BCUT2D eigenvalue weighted by atomic mass is 9.89. The molecule has 38 heavy (non-hydrogen) atoms. The van der Waals surface area contributed by atoms with Gasteiger partial charge in [-0.2, -0.15) is 0 Å². The van der Waals surface area contributed by atoms with Crippen LogP contribution in [0.25, 0.3) is 11.1 Å². The van der Waals surface area contributed by atoms with Crippen molar-refractivity contribution in [1.82, 2.24) is 9.13 Å². The van der Waals surface area contributed by atoms with E-state index in [9.17, 15) is 14.7 Å². The maximum Gasteiger partial charge on any atom is 0.336 e. The third kappa shape index (κ3) is 6.11. The molecular weight excluding hydrogens is 480 g/mol. The van der Waals surface area contributed by atoms with Gasteiger partial charge >= 0.3 is 11.7 Å². The van der Waals surface area contributed by atoms with Crippen LogP contribution >= 0.6 is 0 Å². The maximum absolute atomic E-state index is 13.9. The number of carboxylic acid groups (broad SMARTS) is 1. The molecule has 0 spiro atoms. The van der Waals surface area contributed by atoms with Gasteiger partial charge in [-0.3, -0.25) is 9.13 Å². The van der Waals surface area contributed by atoms with Crippen LogP contribution in [0.2, 0.25) is 0 Å². The van der Waals surface area contributed by atoms with Gasteiger partial charge in [0.25, 0.3) is 0 Å². The van der Waals surface area contributed by atoms with Crippen molar-refractivity contribution in [3.8, 4) is 11.1 Å². The summed E-state index contributed by atoms with van der Waals surface area (Å²) in [5, 5.41) is 9.58. The molecule has 2 aromatic carbocycles. The number of rotatable bonds is 12. The minimum Gasteiger partial charge on any atom is -0.478 e. The summed E-state index contributed by atoms with van der Waals surface area (Å²) < 4.78 is 15.2. The van der Waals surface area contributed by atoms with Crippen molar-refractivity contribution in [3.63, 3.8) is 0 Å². The van der Waals surface area contributed by atoms with Crippen LogP contribution in [0.3, 0.4) is 0 Å². The predicted octanol–water partition coefficient (Wildman–Crippen LogP) is 6.28. The van der Waals surface area contributed by atoms with E-state index in [1.165, 1.54) is 19.3 Å². The van der Waals surface area contributed by atoms with E-state index in [1.807, 2.05) is 45.5 Å². The number of imidazole rings is 1. The summed E-state index contributed by atoms with van der Waals surface area (Å²) in [6, 6.07) is 14.8. The molecule has 4 rings (SSSR count). The monoisotopic (exact) mass is 520 g/mol. The number of aromatic carboxylic acids is 1. The second-order valence-corrected chi connectivity index (χ2v) is 10.3. The van der Waals surface area contributed by atoms with Crippen LogP contribution in [0, 0.1) is 5.92 Å². The number of hydrogen-bond acceptors (Lipinski definition) is 4. The predicted molar refractivity (Wildman–Crippen MR) is 149 cm³/mol. The highest BCUT2D eigenvalue weighted by molar-refractivity contribution is 5.95. The van der Waals surface area contributed by atoms with E-state index in [2.05, 4.69) is 6.92 Å². The van der Waals surface area contributed by atoms with Crippen LogP contribution < -0.4 is 5.69 Å². The molecule has 0 radical (unpaired) electrons. The van der Waals surface area contributed by atoms with Crippen LogP contribution in [0.5, 0.6) is 0 Å². The van der Waals surface area contributed by atoms with Gasteiger partial charge in [-0.05, 0) is 54.4 Å². The van der Waals surface area contributed by atoms with Crippen LogP contribution in [0.15, 0.2) is 53.3 Å². The molecule has 7 heteroatoms. The summed E-state index contributed by atoms with van der Waals surface area (Å²) in [5.74, 6) is -0.465. The maximum atomic E-state index is 13.9. The molecule has 0 atom stereocenters. The Hall–Kier alpha value is -3.16. The number of aromatic nitrogens is 2. The van der Waals surface area contributed by atoms with Crippen molar-refractivity contribution in [2.45, 2.75) is 77.7 Å². The molecule has 0 bridgehead atoms. The molecule has 1 heterocycles. The average molecular weight is 521 g/mol. The molecule has 1 aliphatic rings. The molecule has 0 unspecified atom stereocenters. The second kappa shape index (κ2) is 13.1. The fourth-order valence-corrected chi connectivity index (χ4v) is 5.71. The van der Waals surface area contributed by atoms with Crippen molar-refractivity contribution >= 4 is 5.97 Å². The Labute approximate surface area is 225 Å². The van der Waals surface area contributed by atoms with Gasteiger partial charge in [0.2, 0.25) is 0 Å². The zero-order valence-corrected chi connectivity index (χ0v) is 22.8. The molecule has 0 amide bonds. The van der Waals surface area contributed by atoms with Gasteiger partial charge < -0.3 is 14.6 Å². The fraction of sp³-hybridized carbons (Fsp3) is 0.484. The van der Waals surface area contributed by atoms with Gasteiger partial charge in [0.1, 0.15) is 0 Å². The van der Waals surface area contributed by atoms with Gasteiger partial charge in [-0.1, -0.05) is 75.1 Å². The summed E-state index contributed by atoms with van der Waals surface area (Å²) in [5.41, 5.74) is 4.56. The van der Waals surface area contributed by atoms with E-state index in [1.54, 1.807) is 26.4 Å². The molecule has 1 fully saturated rings. The number of hydrogen-bond donors (Lipinski definition) is 1. The minimum atomic E-state index is -0.950. The van der Waals surface area contributed by atoms with Gasteiger partial charge in [0, 0.05) is 26.5 Å². The smallest absolute Gasteiger partial charge is 0.336 e. The van der Waals surface area contributed by atoms with E-state index in [4.69, 9.17) is 9.47 Å². The van der Waals surface area contributed by atoms with E-state index in [-0.39, 0.29) is 11.3 Å². The van der Waals surface area contributed by atoms with E-state index >= 15 is 0 Å². The Bertz CT molecular complexity index is 1260. The topological polar surface area (TPSA) is 82.7 Å². The largest absolute Gasteiger partial charge is 0.478 e. The summed E-state index contributed by atoms with van der Waals surface area (Å²) in [6.07, 6.45) is 8.14. The molecule has 1 aliphatic carbocycles. The van der Waals surface area contributed by atoms with Gasteiger partial charge in [0.15, 0.2) is 6.29 Å². The molecule has 0 saturated heterocycles. The Morgan fingerprint density at radius 1 is 1.00 bits per heavy atom.